The van der Waals surface area contributed by atoms with Crippen LogP contribution in [0.4, 0.5) is 4.39 Å². The second-order valence-corrected chi connectivity index (χ2v) is 7.02. The number of ether oxygens (including phenoxy) is 3. The molecule has 4 rings (SSSR count). The fraction of sp³-hybridized carbons (Fsp3) is 0.111. The van der Waals surface area contributed by atoms with Crippen LogP contribution in [0.25, 0.3) is 22.4 Å². The standard InChI is InChI=1S/C27H23FO3/c1-29-25-16-15-23(26(30-2)27(25)31-3)24(17-18-11-13-20(28)14-12-18)22-10-6-8-19-7-4-5-9-21(19)22/h4-17H,1-3H3/b24-17+. The second kappa shape index (κ2) is 8.92. The van der Waals surface area contributed by atoms with Crippen LogP contribution in [0.1, 0.15) is 16.7 Å². The first-order chi connectivity index (χ1) is 15.2. The first-order valence-electron chi connectivity index (χ1n) is 9.91. The number of hydrogen-bond donors (Lipinski definition) is 0. The van der Waals surface area contributed by atoms with Gasteiger partial charge in [-0.15, -0.1) is 0 Å². The molecule has 0 radical (unpaired) electrons. The normalized spacial score (nSPS) is 11.4. The highest BCUT2D eigenvalue weighted by atomic mass is 19.1. The van der Waals surface area contributed by atoms with E-state index < -0.39 is 0 Å². The molecule has 0 atom stereocenters. The molecule has 0 N–H and O–H groups in total. The average Bonchev–Trinajstić information content (AvgIpc) is 2.82. The third-order valence-electron chi connectivity index (χ3n) is 5.26. The van der Waals surface area contributed by atoms with Gasteiger partial charge in [-0.2, -0.15) is 0 Å². The highest BCUT2D eigenvalue weighted by Gasteiger charge is 2.20. The first kappa shape index (κ1) is 20.5. The van der Waals surface area contributed by atoms with E-state index in [1.54, 1.807) is 33.5 Å². The molecule has 156 valence electrons. The fourth-order valence-electron chi connectivity index (χ4n) is 3.80. The largest absolute Gasteiger partial charge is 0.493 e. The number of rotatable bonds is 6. The van der Waals surface area contributed by atoms with Crippen molar-refractivity contribution < 1.29 is 18.6 Å². The Labute approximate surface area is 181 Å². The van der Waals surface area contributed by atoms with Crippen molar-refractivity contribution in [3.63, 3.8) is 0 Å². The van der Waals surface area contributed by atoms with E-state index in [-0.39, 0.29) is 5.82 Å². The van der Waals surface area contributed by atoms with Crippen molar-refractivity contribution >= 4 is 22.4 Å². The summed E-state index contributed by atoms with van der Waals surface area (Å²) >= 11 is 0. The molecule has 0 unspecified atom stereocenters. The Morgan fingerprint density at radius 2 is 1.39 bits per heavy atom. The van der Waals surface area contributed by atoms with Gasteiger partial charge in [0.15, 0.2) is 11.5 Å². The molecular formula is C27H23FO3. The summed E-state index contributed by atoms with van der Waals surface area (Å²) in [7, 11) is 4.79. The monoisotopic (exact) mass is 414 g/mol. The summed E-state index contributed by atoms with van der Waals surface area (Å²) in [6.45, 7) is 0. The molecule has 4 aromatic rings. The molecular weight excluding hydrogens is 391 g/mol. The van der Waals surface area contributed by atoms with Crippen LogP contribution < -0.4 is 14.2 Å². The molecule has 0 saturated heterocycles. The van der Waals surface area contributed by atoms with Crippen molar-refractivity contribution in [1.29, 1.82) is 0 Å². The van der Waals surface area contributed by atoms with E-state index >= 15 is 0 Å². The number of hydrogen-bond acceptors (Lipinski definition) is 3. The zero-order valence-electron chi connectivity index (χ0n) is 17.7. The Bertz CT molecular complexity index is 1240. The van der Waals surface area contributed by atoms with Crippen molar-refractivity contribution in [2.45, 2.75) is 0 Å². The summed E-state index contributed by atoms with van der Waals surface area (Å²) in [6.07, 6.45) is 2.03. The van der Waals surface area contributed by atoms with E-state index in [2.05, 4.69) is 24.3 Å². The molecule has 0 fully saturated rings. The molecule has 31 heavy (non-hydrogen) atoms. The van der Waals surface area contributed by atoms with Gasteiger partial charge in [-0.1, -0.05) is 54.6 Å². The molecule has 0 spiro atoms. The molecule has 4 aromatic carbocycles. The van der Waals surface area contributed by atoms with Crippen LogP contribution in [0.5, 0.6) is 17.2 Å². The van der Waals surface area contributed by atoms with E-state index in [4.69, 9.17) is 14.2 Å². The van der Waals surface area contributed by atoms with Gasteiger partial charge in [0.25, 0.3) is 0 Å². The van der Waals surface area contributed by atoms with Gasteiger partial charge >= 0.3 is 0 Å². The highest BCUT2D eigenvalue weighted by Crippen LogP contribution is 2.45. The maximum atomic E-state index is 13.5. The molecule has 3 nitrogen and oxygen atoms in total. The number of benzene rings is 4. The predicted octanol–water partition coefficient (Wildman–Crippen LogP) is 6.59. The minimum absolute atomic E-state index is 0.271. The van der Waals surface area contributed by atoms with Crippen molar-refractivity contribution in [3.8, 4) is 17.2 Å². The van der Waals surface area contributed by atoms with Crippen LogP contribution in [0.15, 0.2) is 78.9 Å². The molecule has 0 aliphatic heterocycles. The molecule has 0 aliphatic rings. The second-order valence-electron chi connectivity index (χ2n) is 7.02. The van der Waals surface area contributed by atoms with Gasteiger partial charge in [0.2, 0.25) is 5.75 Å². The van der Waals surface area contributed by atoms with E-state index in [9.17, 15) is 4.39 Å². The van der Waals surface area contributed by atoms with Crippen LogP contribution in [0.3, 0.4) is 0 Å². The van der Waals surface area contributed by atoms with E-state index in [1.807, 2.05) is 36.4 Å². The number of halogens is 1. The van der Waals surface area contributed by atoms with Crippen molar-refractivity contribution in [1.82, 2.24) is 0 Å². The minimum Gasteiger partial charge on any atom is -0.493 e. The maximum absolute atomic E-state index is 13.5. The molecule has 0 heterocycles. The number of methoxy groups -OCH3 is 3. The van der Waals surface area contributed by atoms with Crippen LogP contribution in [0, 0.1) is 5.82 Å². The Morgan fingerprint density at radius 1 is 0.677 bits per heavy atom. The van der Waals surface area contributed by atoms with Gasteiger partial charge in [-0.25, -0.2) is 4.39 Å². The third kappa shape index (κ3) is 3.97. The Hall–Kier alpha value is -3.79. The van der Waals surface area contributed by atoms with Gasteiger partial charge < -0.3 is 14.2 Å². The zero-order valence-corrected chi connectivity index (χ0v) is 17.7. The van der Waals surface area contributed by atoms with Gasteiger partial charge in [-0.05, 0) is 57.8 Å². The van der Waals surface area contributed by atoms with Gasteiger partial charge in [-0.3, -0.25) is 0 Å². The predicted molar refractivity (Wildman–Crippen MR) is 123 cm³/mol. The van der Waals surface area contributed by atoms with Crippen LogP contribution in [0.2, 0.25) is 0 Å². The highest BCUT2D eigenvalue weighted by molar-refractivity contribution is 6.04. The molecule has 0 aliphatic carbocycles. The van der Waals surface area contributed by atoms with Gasteiger partial charge in [0.05, 0.1) is 21.3 Å². The molecule has 0 bridgehead atoms. The molecule has 0 saturated carbocycles. The zero-order chi connectivity index (χ0) is 21.8. The van der Waals surface area contributed by atoms with Crippen LogP contribution in [-0.4, -0.2) is 21.3 Å². The van der Waals surface area contributed by atoms with Gasteiger partial charge in [0, 0.05) is 5.56 Å². The van der Waals surface area contributed by atoms with E-state index in [0.29, 0.717) is 17.2 Å². The fourth-order valence-corrected chi connectivity index (χ4v) is 3.80. The lowest BCUT2D eigenvalue weighted by Gasteiger charge is -2.19. The Balaban J connectivity index is 2.04. The summed E-state index contributed by atoms with van der Waals surface area (Å²) in [5.41, 5.74) is 3.69. The molecule has 0 aromatic heterocycles. The smallest absolute Gasteiger partial charge is 0.203 e. The topological polar surface area (TPSA) is 27.7 Å². The lowest BCUT2D eigenvalue weighted by atomic mass is 9.91. The van der Waals surface area contributed by atoms with Crippen molar-refractivity contribution in [2.75, 3.05) is 21.3 Å². The van der Waals surface area contributed by atoms with Crippen molar-refractivity contribution in [2.24, 2.45) is 0 Å². The summed E-state index contributed by atoms with van der Waals surface area (Å²) in [6, 6.07) is 24.7. The molecule has 4 heteroatoms. The summed E-state index contributed by atoms with van der Waals surface area (Å²) in [5.74, 6) is 1.41. The lowest BCUT2D eigenvalue weighted by Crippen LogP contribution is -2.00. The summed E-state index contributed by atoms with van der Waals surface area (Å²) in [4.78, 5) is 0. The quantitative estimate of drug-likeness (QED) is 0.333. The third-order valence-corrected chi connectivity index (χ3v) is 5.26. The maximum Gasteiger partial charge on any atom is 0.203 e. The Kier molecular flexibility index (Phi) is 5.89. The van der Waals surface area contributed by atoms with Crippen LogP contribution >= 0.6 is 0 Å². The lowest BCUT2D eigenvalue weighted by molar-refractivity contribution is 0.324. The number of fused-ring (bicyclic) bond motifs is 1. The minimum atomic E-state index is -0.271. The Morgan fingerprint density at radius 3 is 2.10 bits per heavy atom. The first-order valence-corrected chi connectivity index (χ1v) is 9.91. The van der Waals surface area contributed by atoms with Crippen molar-refractivity contribution in [3.05, 3.63) is 101 Å². The average molecular weight is 414 g/mol. The summed E-state index contributed by atoms with van der Waals surface area (Å²) < 4.78 is 30.3. The van der Waals surface area contributed by atoms with Gasteiger partial charge in [0.1, 0.15) is 5.82 Å². The summed E-state index contributed by atoms with van der Waals surface area (Å²) in [5, 5.41) is 2.24. The van der Waals surface area contributed by atoms with Crippen LogP contribution in [-0.2, 0) is 0 Å². The SMILES string of the molecule is COc1ccc(/C(=C/c2ccc(F)cc2)c2cccc3ccccc23)c(OC)c1OC. The molecule has 0 amide bonds. The van der Waals surface area contributed by atoms with E-state index in [1.165, 1.54) is 12.1 Å². The van der Waals surface area contributed by atoms with E-state index in [0.717, 1.165) is 33.0 Å².